The number of halogens is 1. The Morgan fingerprint density at radius 3 is 2.79 bits per heavy atom. The minimum Gasteiger partial charge on any atom is -0.497 e. The van der Waals surface area contributed by atoms with Gasteiger partial charge in [0.1, 0.15) is 11.6 Å². The van der Waals surface area contributed by atoms with Crippen LogP contribution < -0.4 is 15.8 Å². The molecule has 0 aliphatic heterocycles. The van der Waals surface area contributed by atoms with Crippen molar-refractivity contribution in [2.75, 3.05) is 24.7 Å². The summed E-state index contributed by atoms with van der Waals surface area (Å²) in [6.45, 7) is 0.681. The van der Waals surface area contributed by atoms with Gasteiger partial charge in [-0.3, -0.25) is 0 Å². The third-order valence-corrected chi connectivity index (χ3v) is 2.92. The third-order valence-electron chi connectivity index (χ3n) is 2.92. The van der Waals surface area contributed by atoms with Gasteiger partial charge in [0.15, 0.2) is 0 Å². The molecule has 19 heavy (non-hydrogen) atoms. The van der Waals surface area contributed by atoms with Gasteiger partial charge in [-0.15, -0.1) is 0 Å². The van der Waals surface area contributed by atoms with Crippen molar-refractivity contribution in [3.8, 4) is 5.75 Å². The highest BCUT2D eigenvalue weighted by Gasteiger charge is 2.03. The Bertz CT molecular complexity index is 558. The maximum absolute atomic E-state index is 13.2. The Balaban J connectivity index is 1.94. The molecular formula is C15H17FN2O. The first-order chi connectivity index (χ1) is 9.20. The summed E-state index contributed by atoms with van der Waals surface area (Å²) in [6, 6.07) is 12.6. The Morgan fingerprint density at radius 1 is 1.21 bits per heavy atom. The van der Waals surface area contributed by atoms with Crippen LogP contribution in [0.4, 0.5) is 15.8 Å². The highest BCUT2D eigenvalue weighted by molar-refractivity contribution is 5.66. The predicted molar refractivity (Wildman–Crippen MR) is 76.0 cm³/mol. The molecule has 0 saturated carbocycles. The predicted octanol–water partition coefficient (Wildman–Crippen LogP) is 3.07. The van der Waals surface area contributed by atoms with E-state index in [1.807, 2.05) is 24.3 Å². The van der Waals surface area contributed by atoms with Gasteiger partial charge in [0.05, 0.1) is 18.5 Å². The highest BCUT2D eigenvalue weighted by Crippen LogP contribution is 2.21. The SMILES string of the molecule is COc1cccc(CCNc2cccc(F)c2N)c1. The lowest BCUT2D eigenvalue weighted by Crippen LogP contribution is -2.07. The van der Waals surface area contributed by atoms with E-state index in [-0.39, 0.29) is 5.69 Å². The second-order valence-electron chi connectivity index (χ2n) is 4.23. The quantitative estimate of drug-likeness (QED) is 0.812. The summed E-state index contributed by atoms with van der Waals surface area (Å²) in [5.74, 6) is 0.439. The van der Waals surface area contributed by atoms with Crippen LogP contribution in [-0.4, -0.2) is 13.7 Å². The number of ether oxygens (including phenoxy) is 1. The van der Waals surface area contributed by atoms with Crippen molar-refractivity contribution in [1.29, 1.82) is 0 Å². The number of hydrogen-bond donors (Lipinski definition) is 2. The monoisotopic (exact) mass is 260 g/mol. The average molecular weight is 260 g/mol. The fourth-order valence-corrected chi connectivity index (χ4v) is 1.86. The molecule has 0 bridgehead atoms. The van der Waals surface area contributed by atoms with Crippen molar-refractivity contribution in [2.45, 2.75) is 6.42 Å². The van der Waals surface area contributed by atoms with Crippen LogP contribution in [0.3, 0.4) is 0 Å². The van der Waals surface area contributed by atoms with Gasteiger partial charge in [0, 0.05) is 6.54 Å². The van der Waals surface area contributed by atoms with Crippen molar-refractivity contribution in [2.24, 2.45) is 0 Å². The first-order valence-corrected chi connectivity index (χ1v) is 6.11. The zero-order chi connectivity index (χ0) is 13.7. The number of nitrogens with one attached hydrogen (secondary N) is 1. The number of methoxy groups -OCH3 is 1. The van der Waals surface area contributed by atoms with Crippen molar-refractivity contribution in [3.63, 3.8) is 0 Å². The summed E-state index contributed by atoms with van der Waals surface area (Å²) in [6.07, 6.45) is 0.813. The first-order valence-electron chi connectivity index (χ1n) is 6.11. The van der Waals surface area contributed by atoms with E-state index in [0.29, 0.717) is 12.2 Å². The minimum atomic E-state index is -0.397. The Kier molecular flexibility index (Phi) is 4.23. The molecule has 0 aliphatic carbocycles. The largest absolute Gasteiger partial charge is 0.497 e. The van der Waals surface area contributed by atoms with Gasteiger partial charge in [0.2, 0.25) is 0 Å². The highest BCUT2D eigenvalue weighted by atomic mass is 19.1. The number of rotatable bonds is 5. The van der Waals surface area contributed by atoms with E-state index in [9.17, 15) is 4.39 Å². The van der Waals surface area contributed by atoms with Crippen LogP contribution in [0.1, 0.15) is 5.56 Å². The number of nitrogen functional groups attached to an aromatic ring is 1. The molecule has 2 rings (SSSR count). The summed E-state index contributed by atoms with van der Waals surface area (Å²) in [5, 5.41) is 3.13. The van der Waals surface area contributed by atoms with Crippen molar-refractivity contribution in [1.82, 2.24) is 0 Å². The van der Waals surface area contributed by atoms with Gasteiger partial charge in [-0.25, -0.2) is 4.39 Å². The minimum absolute atomic E-state index is 0.160. The van der Waals surface area contributed by atoms with Gasteiger partial charge in [-0.05, 0) is 36.2 Å². The van der Waals surface area contributed by atoms with E-state index in [1.54, 1.807) is 19.2 Å². The zero-order valence-corrected chi connectivity index (χ0v) is 10.8. The molecule has 2 aromatic carbocycles. The lowest BCUT2D eigenvalue weighted by Gasteiger charge is -2.10. The smallest absolute Gasteiger partial charge is 0.148 e. The number of nitrogens with two attached hydrogens (primary N) is 1. The van der Waals surface area contributed by atoms with Gasteiger partial charge < -0.3 is 15.8 Å². The van der Waals surface area contributed by atoms with Crippen LogP contribution >= 0.6 is 0 Å². The molecule has 0 aromatic heterocycles. The van der Waals surface area contributed by atoms with Crippen LogP contribution in [0.15, 0.2) is 42.5 Å². The molecule has 0 radical (unpaired) electrons. The first kappa shape index (κ1) is 13.2. The number of benzene rings is 2. The van der Waals surface area contributed by atoms with E-state index in [4.69, 9.17) is 10.5 Å². The molecule has 0 saturated heterocycles. The summed E-state index contributed by atoms with van der Waals surface area (Å²) in [5.41, 5.74) is 7.59. The van der Waals surface area contributed by atoms with E-state index < -0.39 is 5.82 Å². The van der Waals surface area contributed by atoms with Crippen LogP contribution in [0.25, 0.3) is 0 Å². The molecule has 0 amide bonds. The van der Waals surface area contributed by atoms with Crippen molar-refractivity contribution < 1.29 is 9.13 Å². The molecule has 4 heteroatoms. The second kappa shape index (κ2) is 6.09. The van der Waals surface area contributed by atoms with Gasteiger partial charge in [0.25, 0.3) is 0 Å². The third kappa shape index (κ3) is 3.37. The summed E-state index contributed by atoms with van der Waals surface area (Å²) in [7, 11) is 1.64. The molecule has 0 heterocycles. The zero-order valence-electron chi connectivity index (χ0n) is 10.8. The molecular weight excluding hydrogens is 243 g/mol. The lowest BCUT2D eigenvalue weighted by molar-refractivity contribution is 0.414. The number of hydrogen-bond acceptors (Lipinski definition) is 3. The van der Waals surface area contributed by atoms with Crippen molar-refractivity contribution in [3.05, 3.63) is 53.8 Å². The number of para-hydroxylation sites is 1. The van der Waals surface area contributed by atoms with Crippen LogP contribution in [0.2, 0.25) is 0 Å². The second-order valence-corrected chi connectivity index (χ2v) is 4.23. The van der Waals surface area contributed by atoms with E-state index in [2.05, 4.69) is 5.32 Å². The summed E-state index contributed by atoms with van der Waals surface area (Å²) < 4.78 is 18.4. The molecule has 100 valence electrons. The van der Waals surface area contributed by atoms with Crippen LogP contribution in [0.5, 0.6) is 5.75 Å². The molecule has 3 N–H and O–H groups in total. The molecule has 0 spiro atoms. The summed E-state index contributed by atoms with van der Waals surface area (Å²) in [4.78, 5) is 0. The van der Waals surface area contributed by atoms with E-state index in [0.717, 1.165) is 17.7 Å². The topological polar surface area (TPSA) is 47.3 Å². The molecule has 2 aromatic rings. The summed E-state index contributed by atoms with van der Waals surface area (Å²) >= 11 is 0. The fourth-order valence-electron chi connectivity index (χ4n) is 1.86. The lowest BCUT2D eigenvalue weighted by atomic mass is 10.1. The average Bonchev–Trinajstić information content (AvgIpc) is 2.44. The van der Waals surface area contributed by atoms with E-state index >= 15 is 0 Å². The molecule has 0 fully saturated rings. The van der Waals surface area contributed by atoms with Gasteiger partial charge in [-0.1, -0.05) is 18.2 Å². The van der Waals surface area contributed by atoms with Crippen LogP contribution in [0, 0.1) is 5.82 Å². The Hall–Kier alpha value is -2.23. The van der Waals surface area contributed by atoms with Gasteiger partial charge in [-0.2, -0.15) is 0 Å². The number of anilines is 2. The molecule has 3 nitrogen and oxygen atoms in total. The maximum Gasteiger partial charge on any atom is 0.148 e. The molecule has 0 unspecified atom stereocenters. The van der Waals surface area contributed by atoms with E-state index in [1.165, 1.54) is 6.07 Å². The molecule has 0 aliphatic rings. The van der Waals surface area contributed by atoms with Gasteiger partial charge >= 0.3 is 0 Å². The fraction of sp³-hybridized carbons (Fsp3) is 0.200. The van der Waals surface area contributed by atoms with Crippen LogP contribution in [-0.2, 0) is 6.42 Å². The Labute approximate surface area is 112 Å². The Morgan fingerprint density at radius 2 is 2.00 bits per heavy atom. The standard InChI is InChI=1S/C15H17FN2O/c1-19-12-5-2-4-11(10-12)8-9-18-14-7-3-6-13(16)15(14)17/h2-7,10,18H,8-9,17H2,1H3. The molecule has 0 atom stereocenters. The normalized spacial score (nSPS) is 10.2. The van der Waals surface area contributed by atoms with Crippen molar-refractivity contribution >= 4 is 11.4 Å². The maximum atomic E-state index is 13.2.